The van der Waals surface area contributed by atoms with Gasteiger partial charge >= 0.3 is 5.97 Å². The van der Waals surface area contributed by atoms with Crippen LogP contribution >= 0.6 is 0 Å². The molecule has 3 N–H and O–H groups in total. The molecule has 0 spiro atoms. The number of para-hydroxylation sites is 1. The number of carboxylic acid groups (broad SMARTS) is 1. The van der Waals surface area contributed by atoms with Gasteiger partial charge in [-0.25, -0.2) is 4.79 Å². The number of hydrogen-bond donors (Lipinski definition) is 3. The minimum atomic E-state index is -1.01. The molecule has 1 aromatic carbocycles. The van der Waals surface area contributed by atoms with E-state index in [1.54, 1.807) is 6.08 Å². The fourth-order valence-electron chi connectivity index (χ4n) is 2.38. The summed E-state index contributed by atoms with van der Waals surface area (Å²) in [6.07, 6.45) is 4.14. The number of benzene rings is 1. The smallest absolute Gasteiger partial charge is 0.354 e. The summed E-state index contributed by atoms with van der Waals surface area (Å²) in [5.74, 6) is -1.01. The quantitative estimate of drug-likeness (QED) is 0.787. The first-order valence-electron chi connectivity index (χ1n) is 6.03. The third kappa shape index (κ3) is 2.08. The Morgan fingerprint density at radius 3 is 2.95 bits per heavy atom. The highest BCUT2D eigenvalue weighted by molar-refractivity contribution is 5.86. The van der Waals surface area contributed by atoms with Crippen molar-refractivity contribution in [1.29, 1.82) is 0 Å². The van der Waals surface area contributed by atoms with Crippen LogP contribution in [0.15, 0.2) is 42.2 Å². The molecule has 3 rings (SSSR count). The van der Waals surface area contributed by atoms with E-state index >= 15 is 0 Å². The van der Waals surface area contributed by atoms with Gasteiger partial charge in [-0.1, -0.05) is 18.2 Å². The maximum absolute atomic E-state index is 10.9. The normalized spacial score (nSPS) is 22.3. The van der Waals surface area contributed by atoms with Crippen LogP contribution in [0.5, 0.6) is 0 Å². The highest BCUT2D eigenvalue weighted by atomic mass is 16.7. The summed E-state index contributed by atoms with van der Waals surface area (Å²) in [5.41, 5.74) is 4.05. The molecule has 1 aromatic heterocycles. The van der Waals surface area contributed by atoms with E-state index in [-0.39, 0.29) is 5.70 Å². The van der Waals surface area contributed by atoms with Crippen LogP contribution < -0.4 is 5.48 Å². The lowest BCUT2D eigenvalue weighted by Crippen LogP contribution is -2.28. The lowest BCUT2D eigenvalue weighted by Gasteiger charge is -2.19. The van der Waals surface area contributed by atoms with E-state index in [1.807, 2.05) is 37.4 Å². The van der Waals surface area contributed by atoms with Gasteiger partial charge in [-0.3, -0.25) is 10.3 Å². The van der Waals surface area contributed by atoms with Crippen molar-refractivity contribution in [3.63, 3.8) is 0 Å². The monoisotopic (exact) mass is 258 g/mol. The van der Waals surface area contributed by atoms with E-state index in [9.17, 15) is 4.79 Å². The average Bonchev–Trinajstić information content (AvgIpc) is 2.95. The number of rotatable bonds is 3. The van der Waals surface area contributed by atoms with Crippen LogP contribution in [0, 0.1) is 0 Å². The number of nitrogens with one attached hydrogen (secondary N) is 2. The molecule has 0 bridgehead atoms. The van der Waals surface area contributed by atoms with E-state index in [2.05, 4.69) is 10.5 Å². The summed E-state index contributed by atoms with van der Waals surface area (Å²) < 4.78 is 0. The van der Waals surface area contributed by atoms with E-state index < -0.39 is 11.6 Å². The predicted octanol–water partition coefficient (Wildman–Crippen LogP) is 1.97. The predicted molar refractivity (Wildman–Crippen MR) is 70.3 cm³/mol. The van der Waals surface area contributed by atoms with Gasteiger partial charge in [-0.15, -0.1) is 0 Å². The highest BCUT2D eigenvalue weighted by Gasteiger charge is 2.33. The van der Waals surface area contributed by atoms with E-state index in [4.69, 9.17) is 9.94 Å². The van der Waals surface area contributed by atoms with Crippen molar-refractivity contribution < 1.29 is 14.7 Å². The molecule has 2 aromatic rings. The minimum absolute atomic E-state index is 0.0855. The molecule has 2 heterocycles. The number of aliphatic carboxylic acids is 1. The van der Waals surface area contributed by atoms with Gasteiger partial charge in [0, 0.05) is 23.5 Å². The molecule has 0 saturated carbocycles. The van der Waals surface area contributed by atoms with Gasteiger partial charge in [0.15, 0.2) is 0 Å². The number of aromatic amines is 1. The molecule has 0 radical (unpaired) electrons. The largest absolute Gasteiger partial charge is 0.477 e. The molecule has 98 valence electrons. The van der Waals surface area contributed by atoms with E-state index in [0.717, 1.165) is 16.5 Å². The molecule has 0 amide bonds. The first-order chi connectivity index (χ1) is 9.07. The third-order valence-electron chi connectivity index (χ3n) is 3.29. The second-order valence-electron chi connectivity index (χ2n) is 4.92. The summed E-state index contributed by atoms with van der Waals surface area (Å²) in [4.78, 5) is 19.5. The van der Waals surface area contributed by atoms with Crippen molar-refractivity contribution in [3.8, 4) is 0 Å². The number of carboxylic acids is 1. The molecule has 0 aliphatic carbocycles. The van der Waals surface area contributed by atoms with Crippen LogP contribution in [0.2, 0.25) is 0 Å². The first kappa shape index (κ1) is 11.8. The molecule has 5 nitrogen and oxygen atoms in total. The van der Waals surface area contributed by atoms with Gasteiger partial charge in [0.1, 0.15) is 11.3 Å². The van der Waals surface area contributed by atoms with Gasteiger partial charge < -0.3 is 10.1 Å². The Hall–Kier alpha value is -2.27. The number of H-pyrrole nitrogens is 1. The number of aromatic nitrogens is 1. The molecular weight excluding hydrogens is 244 g/mol. The Bertz CT molecular complexity index is 674. The molecule has 1 unspecified atom stereocenters. The van der Waals surface area contributed by atoms with Crippen molar-refractivity contribution in [2.24, 2.45) is 0 Å². The molecule has 19 heavy (non-hydrogen) atoms. The van der Waals surface area contributed by atoms with Gasteiger partial charge in [0.2, 0.25) is 0 Å². The van der Waals surface area contributed by atoms with Crippen molar-refractivity contribution >= 4 is 16.9 Å². The summed E-state index contributed by atoms with van der Waals surface area (Å²) in [7, 11) is 0. The number of hydrogen-bond acceptors (Lipinski definition) is 3. The van der Waals surface area contributed by atoms with E-state index in [0.29, 0.717) is 6.42 Å². The van der Waals surface area contributed by atoms with Gasteiger partial charge in [-0.2, -0.15) is 0 Å². The lowest BCUT2D eigenvalue weighted by molar-refractivity contribution is -0.134. The zero-order valence-corrected chi connectivity index (χ0v) is 10.4. The van der Waals surface area contributed by atoms with Crippen LogP contribution in [0.1, 0.15) is 12.5 Å². The maximum Gasteiger partial charge on any atom is 0.354 e. The first-order valence-corrected chi connectivity index (χ1v) is 6.03. The van der Waals surface area contributed by atoms with Crippen molar-refractivity contribution in [3.05, 3.63) is 47.8 Å². The molecule has 1 aliphatic heterocycles. The molecule has 0 saturated heterocycles. The Kier molecular flexibility index (Phi) is 2.57. The summed E-state index contributed by atoms with van der Waals surface area (Å²) >= 11 is 0. The SMILES string of the molecule is CC1(Cc2c[nH]c3ccccc23)C=C(C(=O)O)NO1. The van der Waals surface area contributed by atoms with Gasteiger partial charge in [0.25, 0.3) is 0 Å². The van der Waals surface area contributed by atoms with Crippen LogP contribution in [-0.4, -0.2) is 21.7 Å². The fraction of sp³-hybridized carbons (Fsp3) is 0.214. The van der Waals surface area contributed by atoms with Crippen molar-refractivity contribution in [2.45, 2.75) is 18.9 Å². The topological polar surface area (TPSA) is 74.4 Å². The zero-order chi connectivity index (χ0) is 13.5. The maximum atomic E-state index is 10.9. The third-order valence-corrected chi connectivity index (χ3v) is 3.29. The molecule has 0 fully saturated rings. The molecule has 1 aliphatic rings. The summed E-state index contributed by atoms with van der Waals surface area (Å²) in [5, 5.41) is 10.1. The Morgan fingerprint density at radius 1 is 1.42 bits per heavy atom. The molecule has 1 atom stereocenters. The second kappa shape index (κ2) is 4.13. The lowest BCUT2D eigenvalue weighted by atomic mass is 9.95. The van der Waals surface area contributed by atoms with Crippen LogP contribution in [0.3, 0.4) is 0 Å². The Balaban J connectivity index is 1.91. The minimum Gasteiger partial charge on any atom is -0.477 e. The Morgan fingerprint density at radius 2 is 2.21 bits per heavy atom. The van der Waals surface area contributed by atoms with Crippen LogP contribution in [0.4, 0.5) is 0 Å². The van der Waals surface area contributed by atoms with Crippen LogP contribution in [0.25, 0.3) is 10.9 Å². The summed E-state index contributed by atoms with van der Waals surface area (Å²) in [6.45, 7) is 1.86. The van der Waals surface area contributed by atoms with Crippen molar-refractivity contribution in [1.82, 2.24) is 10.5 Å². The van der Waals surface area contributed by atoms with Gasteiger partial charge in [0.05, 0.1) is 0 Å². The number of fused-ring (bicyclic) bond motifs is 1. The van der Waals surface area contributed by atoms with Crippen molar-refractivity contribution in [2.75, 3.05) is 0 Å². The number of hydroxylamine groups is 1. The standard InChI is InChI=1S/C14H14N2O3/c1-14(7-12(13(17)18)16-19-14)6-9-8-15-11-5-3-2-4-10(9)11/h2-5,7-8,15-16H,6H2,1H3,(H,17,18). The zero-order valence-electron chi connectivity index (χ0n) is 10.4. The highest BCUT2D eigenvalue weighted by Crippen LogP contribution is 2.28. The van der Waals surface area contributed by atoms with Crippen LogP contribution in [-0.2, 0) is 16.1 Å². The number of carbonyl (C=O) groups is 1. The molecule has 5 heteroatoms. The fourth-order valence-corrected chi connectivity index (χ4v) is 2.38. The second-order valence-corrected chi connectivity index (χ2v) is 4.92. The van der Waals surface area contributed by atoms with E-state index in [1.165, 1.54) is 0 Å². The average molecular weight is 258 g/mol. The molecular formula is C14H14N2O3. The summed E-state index contributed by atoms with van der Waals surface area (Å²) in [6, 6.07) is 8.00. The Labute approximate surface area is 109 Å². The van der Waals surface area contributed by atoms with Gasteiger partial charge in [-0.05, 0) is 24.6 Å².